The summed E-state index contributed by atoms with van der Waals surface area (Å²) in [6, 6.07) is 0. The van der Waals surface area contributed by atoms with Gasteiger partial charge in [-0.15, -0.1) is 0 Å². The molecule has 1 aliphatic rings. The first-order chi connectivity index (χ1) is 9.65. The molecule has 0 radical (unpaired) electrons. The van der Waals surface area contributed by atoms with Gasteiger partial charge < -0.3 is 9.84 Å². The highest BCUT2D eigenvalue weighted by Gasteiger charge is 2.39. The Balaban J connectivity index is 1.85. The summed E-state index contributed by atoms with van der Waals surface area (Å²) in [5.41, 5.74) is 0. The van der Waals surface area contributed by atoms with Crippen LogP contribution in [0.15, 0.2) is 0 Å². The summed E-state index contributed by atoms with van der Waals surface area (Å²) in [5.74, 6) is -0.141. The highest BCUT2D eigenvalue weighted by Crippen LogP contribution is 2.26. The van der Waals surface area contributed by atoms with Gasteiger partial charge in [-0.1, -0.05) is 64.7 Å². The molecule has 118 valence electrons. The van der Waals surface area contributed by atoms with Crippen molar-refractivity contribution < 1.29 is 14.6 Å². The molecular formula is C17H32O3. The molecule has 0 aromatic rings. The van der Waals surface area contributed by atoms with Crippen LogP contribution >= 0.6 is 0 Å². The first-order valence-corrected chi connectivity index (χ1v) is 8.53. The summed E-state index contributed by atoms with van der Waals surface area (Å²) >= 11 is 0. The molecule has 1 saturated heterocycles. The molecule has 0 unspecified atom stereocenters. The van der Waals surface area contributed by atoms with Crippen molar-refractivity contribution in [2.45, 2.75) is 96.7 Å². The number of carbonyl (C=O) groups excluding carboxylic acids is 1. The lowest BCUT2D eigenvalue weighted by atomic mass is 9.92. The second-order valence-electron chi connectivity index (χ2n) is 6.27. The van der Waals surface area contributed by atoms with Crippen molar-refractivity contribution in [3.63, 3.8) is 0 Å². The van der Waals surface area contributed by atoms with Crippen LogP contribution in [0.3, 0.4) is 0 Å². The average Bonchev–Trinajstić information content (AvgIpc) is 2.45. The number of esters is 1. The number of rotatable bonds is 12. The maximum Gasteiger partial charge on any atom is 0.312 e. The fourth-order valence-electron chi connectivity index (χ4n) is 2.77. The molecule has 3 nitrogen and oxygen atoms in total. The van der Waals surface area contributed by atoms with E-state index < -0.39 is 0 Å². The highest BCUT2D eigenvalue weighted by molar-refractivity contribution is 5.77. The first-order valence-electron chi connectivity index (χ1n) is 8.53. The van der Waals surface area contributed by atoms with E-state index in [9.17, 15) is 9.90 Å². The number of aliphatic hydroxyl groups excluding tert-OH is 1. The van der Waals surface area contributed by atoms with E-state index in [1.165, 1.54) is 51.4 Å². The van der Waals surface area contributed by atoms with E-state index in [0.717, 1.165) is 12.8 Å². The van der Waals surface area contributed by atoms with E-state index in [4.69, 9.17) is 4.74 Å². The van der Waals surface area contributed by atoms with Gasteiger partial charge in [-0.2, -0.15) is 0 Å². The molecule has 1 N–H and O–H groups in total. The maximum absolute atomic E-state index is 10.9. The van der Waals surface area contributed by atoms with Crippen LogP contribution in [0, 0.1) is 5.92 Å². The first kappa shape index (κ1) is 17.5. The van der Waals surface area contributed by atoms with Gasteiger partial charge in [0.25, 0.3) is 0 Å². The Bertz CT molecular complexity index is 265. The third kappa shape index (κ3) is 6.74. The molecule has 20 heavy (non-hydrogen) atoms. The lowest BCUT2D eigenvalue weighted by Crippen LogP contribution is -2.44. The third-order valence-corrected chi connectivity index (χ3v) is 4.34. The number of ether oxygens (including phenoxy) is 1. The molecule has 0 aromatic carbocycles. The minimum atomic E-state index is -0.305. The van der Waals surface area contributed by atoms with E-state index in [2.05, 4.69) is 6.92 Å². The summed E-state index contributed by atoms with van der Waals surface area (Å²) < 4.78 is 5.01. The molecule has 0 aromatic heterocycles. The lowest BCUT2D eigenvalue weighted by Gasteiger charge is -2.33. The van der Waals surface area contributed by atoms with Crippen LogP contribution in [-0.2, 0) is 9.53 Å². The number of hydrogen-bond donors (Lipinski definition) is 1. The topological polar surface area (TPSA) is 46.5 Å². The van der Waals surface area contributed by atoms with Crippen molar-refractivity contribution in [3.8, 4) is 0 Å². The van der Waals surface area contributed by atoms with Crippen molar-refractivity contribution in [1.82, 2.24) is 0 Å². The molecular weight excluding hydrogens is 252 g/mol. The largest absolute Gasteiger partial charge is 0.461 e. The van der Waals surface area contributed by atoms with E-state index in [1.807, 2.05) is 6.92 Å². The fourth-order valence-corrected chi connectivity index (χ4v) is 2.77. The van der Waals surface area contributed by atoms with Gasteiger partial charge in [0.1, 0.15) is 6.10 Å². The van der Waals surface area contributed by atoms with Gasteiger partial charge in [0.2, 0.25) is 0 Å². The lowest BCUT2D eigenvalue weighted by molar-refractivity contribution is -0.185. The molecule has 1 heterocycles. The van der Waals surface area contributed by atoms with Crippen LogP contribution in [0.5, 0.6) is 0 Å². The Morgan fingerprint density at radius 1 is 1.05 bits per heavy atom. The van der Waals surface area contributed by atoms with Gasteiger partial charge in [-0.25, -0.2) is 0 Å². The van der Waals surface area contributed by atoms with Crippen LogP contribution in [0.2, 0.25) is 0 Å². The Morgan fingerprint density at radius 3 is 2.10 bits per heavy atom. The summed E-state index contributed by atoms with van der Waals surface area (Å²) in [5, 5.41) is 9.90. The van der Waals surface area contributed by atoms with Crippen molar-refractivity contribution in [2.24, 2.45) is 5.92 Å². The maximum atomic E-state index is 10.9. The minimum absolute atomic E-state index is 0.0206. The number of aliphatic hydroxyl groups is 1. The molecule has 0 aliphatic carbocycles. The summed E-state index contributed by atoms with van der Waals surface area (Å²) in [6.45, 7) is 4.12. The molecule has 0 spiro atoms. The van der Waals surface area contributed by atoms with Gasteiger partial charge in [0.15, 0.2) is 0 Å². The zero-order valence-electron chi connectivity index (χ0n) is 13.3. The third-order valence-electron chi connectivity index (χ3n) is 4.34. The van der Waals surface area contributed by atoms with Gasteiger partial charge in [0, 0.05) is 6.42 Å². The summed E-state index contributed by atoms with van der Waals surface area (Å²) in [4.78, 5) is 10.9. The van der Waals surface area contributed by atoms with Crippen molar-refractivity contribution in [3.05, 3.63) is 0 Å². The van der Waals surface area contributed by atoms with Gasteiger partial charge >= 0.3 is 5.97 Å². The van der Waals surface area contributed by atoms with E-state index in [0.29, 0.717) is 6.42 Å². The molecule has 1 aliphatic heterocycles. The summed E-state index contributed by atoms with van der Waals surface area (Å²) in [7, 11) is 0. The number of hydrogen-bond acceptors (Lipinski definition) is 3. The van der Waals surface area contributed by atoms with E-state index in [-0.39, 0.29) is 24.1 Å². The Labute approximate surface area is 124 Å². The Morgan fingerprint density at radius 2 is 1.60 bits per heavy atom. The summed E-state index contributed by atoms with van der Waals surface area (Å²) in [6.07, 6.45) is 12.8. The average molecular weight is 284 g/mol. The minimum Gasteiger partial charge on any atom is -0.461 e. The number of carbonyl (C=O) groups is 1. The predicted molar refractivity (Wildman–Crippen MR) is 81.5 cm³/mol. The predicted octanol–water partition coefficient (Wildman–Crippen LogP) is 4.22. The molecule has 1 rings (SSSR count). The monoisotopic (exact) mass is 284 g/mol. The molecule has 3 atom stereocenters. The standard InChI is InChI=1S/C17H32O3/c1-3-4-5-6-7-8-9-10-11-12-15(18)13-16-14(2)17(19)20-16/h14-16,18H,3-13H2,1-2H3/t14-,15-,16-/m1/s1. The SMILES string of the molecule is CCCCCCCCCCC[C@@H](O)C[C@H]1OC(=O)[C@@H]1C. The molecule has 0 amide bonds. The van der Waals surface area contributed by atoms with Crippen LogP contribution in [0.4, 0.5) is 0 Å². The van der Waals surface area contributed by atoms with Crippen LogP contribution < -0.4 is 0 Å². The van der Waals surface area contributed by atoms with Gasteiger partial charge in [-0.05, 0) is 13.3 Å². The van der Waals surface area contributed by atoms with E-state index in [1.54, 1.807) is 0 Å². The quantitative estimate of drug-likeness (QED) is 0.431. The Kier molecular flexibility index (Phi) is 8.92. The van der Waals surface area contributed by atoms with Crippen LogP contribution in [0.25, 0.3) is 0 Å². The fraction of sp³-hybridized carbons (Fsp3) is 0.941. The smallest absolute Gasteiger partial charge is 0.312 e. The second kappa shape index (κ2) is 10.2. The van der Waals surface area contributed by atoms with Gasteiger partial charge in [0.05, 0.1) is 12.0 Å². The van der Waals surface area contributed by atoms with Gasteiger partial charge in [-0.3, -0.25) is 4.79 Å². The normalized spacial score (nSPS) is 23.2. The second-order valence-corrected chi connectivity index (χ2v) is 6.27. The van der Waals surface area contributed by atoms with Crippen molar-refractivity contribution in [1.29, 1.82) is 0 Å². The molecule has 1 fully saturated rings. The zero-order chi connectivity index (χ0) is 14.8. The van der Waals surface area contributed by atoms with Crippen molar-refractivity contribution >= 4 is 5.97 Å². The van der Waals surface area contributed by atoms with Crippen LogP contribution in [0.1, 0.15) is 84.5 Å². The highest BCUT2D eigenvalue weighted by atomic mass is 16.6. The molecule has 0 bridgehead atoms. The Hall–Kier alpha value is -0.570. The van der Waals surface area contributed by atoms with Crippen molar-refractivity contribution in [2.75, 3.05) is 0 Å². The number of unbranched alkanes of at least 4 members (excludes halogenated alkanes) is 8. The number of cyclic esters (lactones) is 1. The molecule has 3 heteroatoms. The molecule has 0 saturated carbocycles. The van der Waals surface area contributed by atoms with E-state index >= 15 is 0 Å². The van der Waals surface area contributed by atoms with Crippen LogP contribution in [-0.4, -0.2) is 23.3 Å². The zero-order valence-corrected chi connectivity index (χ0v) is 13.3.